The average Bonchev–Trinajstić information content (AvgIpc) is 3.37. The van der Waals surface area contributed by atoms with Gasteiger partial charge in [-0.05, 0) is 74.1 Å². The fourth-order valence-electron chi connectivity index (χ4n) is 4.16. The van der Waals surface area contributed by atoms with Crippen LogP contribution in [-0.4, -0.2) is 55.4 Å². The standard InChI is InChI=1S/C22H29N9O2/c1-13-5-7-30(8-6-13)12-18-19(25-29-31(18)21-20(23)27-33-28-21)22(32)26-24-11-17-15(3)9-14(2)10-16(17)4/h9-11,13H,5-8,12H2,1-4H3,(H2,23,27)(H,26,32)/b24-11-. The smallest absolute Gasteiger partial charge is 0.293 e. The van der Waals surface area contributed by atoms with E-state index < -0.39 is 5.91 Å². The molecule has 0 saturated carbocycles. The van der Waals surface area contributed by atoms with Gasteiger partial charge >= 0.3 is 0 Å². The van der Waals surface area contributed by atoms with Crippen molar-refractivity contribution in [2.45, 2.75) is 47.1 Å². The van der Waals surface area contributed by atoms with Gasteiger partial charge in [-0.1, -0.05) is 29.8 Å². The number of likely N-dealkylation sites (tertiary alicyclic amines) is 1. The number of nitrogens with zero attached hydrogens (tertiary/aromatic N) is 7. The molecule has 1 aliphatic heterocycles. The van der Waals surface area contributed by atoms with Gasteiger partial charge in [-0.15, -0.1) is 5.10 Å². The highest BCUT2D eigenvalue weighted by molar-refractivity contribution is 5.94. The van der Waals surface area contributed by atoms with E-state index in [4.69, 9.17) is 10.4 Å². The highest BCUT2D eigenvalue weighted by Gasteiger charge is 2.26. The van der Waals surface area contributed by atoms with Crippen molar-refractivity contribution in [2.75, 3.05) is 18.8 Å². The number of nitrogens with two attached hydrogens (primary N) is 1. The molecule has 174 valence electrons. The predicted octanol–water partition coefficient (Wildman–Crippen LogP) is 2.15. The summed E-state index contributed by atoms with van der Waals surface area (Å²) in [4.78, 5) is 15.3. The Morgan fingerprint density at radius 3 is 2.58 bits per heavy atom. The molecule has 1 fully saturated rings. The summed E-state index contributed by atoms with van der Waals surface area (Å²) in [6.45, 7) is 10.6. The molecule has 4 rings (SSSR count). The van der Waals surface area contributed by atoms with Crippen molar-refractivity contribution in [1.29, 1.82) is 0 Å². The fraction of sp³-hybridized carbons (Fsp3) is 0.455. The number of aryl methyl sites for hydroxylation is 3. The predicted molar refractivity (Wildman–Crippen MR) is 123 cm³/mol. The Morgan fingerprint density at radius 2 is 1.94 bits per heavy atom. The van der Waals surface area contributed by atoms with Crippen molar-refractivity contribution in [1.82, 2.24) is 35.6 Å². The monoisotopic (exact) mass is 451 g/mol. The first-order chi connectivity index (χ1) is 15.8. The lowest BCUT2D eigenvalue weighted by Gasteiger charge is -2.30. The number of hydrogen-bond donors (Lipinski definition) is 2. The van der Waals surface area contributed by atoms with E-state index in [0.717, 1.165) is 42.6 Å². The largest absolute Gasteiger partial charge is 0.378 e. The Kier molecular flexibility index (Phi) is 6.50. The van der Waals surface area contributed by atoms with Crippen LogP contribution in [0.5, 0.6) is 0 Å². The van der Waals surface area contributed by atoms with E-state index in [1.54, 1.807) is 6.21 Å². The number of amides is 1. The van der Waals surface area contributed by atoms with Crippen LogP contribution in [0.4, 0.5) is 5.82 Å². The molecule has 3 N–H and O–H groups in total. The quantitative estimate of drug-likeness (QED) is 0.429. The summed E-state index contributed by atoms with van der Waals surface area (Å²) in [6, 6.07) is 4.16. The van der Waals surface area contributed by atoms with Gasteiger partial charge < -0.3 is 5.73 Å². The molecule has 1 saturated heterocycles. The summed E-state index contributed by atoms with van der Waals surface area (Å²) in [5.74, 6) is 0.501. The number of piperidine rings is 1. The minimum atomic E-state index is -0.463. The number of anilines is 1. The van der Waals surface area contributed by atoms with Gasteiger partial charge in [0.15, 0.2) is 5.69 Å². The first-order valence-electron chi connectivity index (χ1n) is 11.0. The van der Waals surface area contributed by atoms with Crippen LogP contribution < -0.4 is 11.2 Å². The third-order valence-corrected chi connectivity index (χ3v) is 6.02. The van der Waals surface area contributed by atoms with Gasteiger partial charge in [0, 0.05) is 12.1 Å². The van der Waals surface area contributed by atoms with E-state index in [0.29, 0.717) is 18.2 Å². The van der Waals surface area contributed by atoms with Crippen LogP contribution in [0.1, 0.15) is 58.2 Å². The molecular formula is C22H29N9O2. The Balaban J connectivity index is 1.58. The van der Waals surface area contributed by atoms with Gasteiger partial charge in [-0.3, -0.25) is 9.69 Å². The number of nitrogen functional groups attached to an aromatic ring is 1. The highest BCUT2D eigenvalue weighted by atomic mass is 16.6. The molecule has 0 spiro atoms. The van der Waals surface area contributed by atoms with Crippen LogP contribution in [0.15, 0.2) is 21.9 Å². The van der Waals surface area contributed by atoms with Gasteiger partial charge in [-0.25, -0.2) is 10.1 Å². The van der Waals surface area contributed by atoms with Gasteiger partial charge in [0.05, 0.1) is 11.9 Å². The topological polar surface area (TPSA) is 140 Å². The lowest BCUT2D eigenvalue weighted by molar-refractivity contribution is 0.0947. The molecule has 3 heterocycles. The van der Waals surface area contributed by atoms with Crippen LogP contribution in [-0.2, 0) is 6.54 Å². The number of carbonyl (C=O) groups is 1. The summed E-state index contributed by atoms with van der Waals surface area (Å²) in [6.07, 6.45) is 3.84. The number of hydrogen-bond acceptors (Lipinski definition) is 9. The highest BCUT2D eigenvalue weighted by Crippen LogP contribution is 2.22. The van der Waals surface area contributed by atoms with E-state index >= 15 is 0 Å². The zero-order chi connectivity index (χ0) is 23.5. The van der Waals surface area contributed by atoms with Crippen LogP contribution in [0.3, 0.4) is 0 Å². The van der Waals surface area contributed by atoms with Gasteiger partial charge in [0.2, 0.25) is 11.6 Å². The molecule has 3 aromatic rings. The van der Waals surface area contributed by atoms with Crippen molar-refractivity contribution < 1.29 is 9.42 Å². The van der Waals surface area contributed by atoms with Gasteiger partial charge in [0.1, 0.15) is 0 Å². The van der Waals surface area contributed by atoms with E-state index in [2.05, 4.69) is 55.1 Å². The maximum absolute atomic E-state index is 13.0. The Bertz CT molecular complexity index is 1150. The van der Waals surface area contributed by atoms with Crippen molar-refractivity contribution in [3.05, 3.63) is 45.8 Å². The summed E-state index contributed by atoms with van der Waals surface area (Å²) in [7, 11) is 0. The lowest BCUT2D eigenvalue weighted by Crippen LogP contribution is -2.34. The van der Waals surface area contributed by atoms with E-state index in [-0.39, 0.29) is 17.3 Å². The third kappa shape index (κ3) is 4.92. The third-order valence-electron chi connectivity index (χ3n) is 6.02. The van der Waals surface area contributed by atoms with Crippen molar-refractivity contribution in [3.8, 4) is 5.82 Å². The molecule has 0 bridgehead atoms. The first kappa shape index (κ1) is 22.6. The summed E-state index contributed by atoms with van der Waals surface area (Å²) in [5, 5.41) is 19.8. The second-order valence-corrected chi connectivity index (χ2v) is 8.74. The fourth-order valence-corrected chi connectivity index (χ4v) is 4.16. The van der Waals surface area contributed by atoms with E-state index in [9.17, 15) is 4.79 Å². The maximum atomic E-state index is 13.0. The zero-order valence-corrected chi connectivity index (χ0v) is 19.4. The van der Waals surface area contributed by atoms with E-state index in [1.807, 2.05) is 20.8 Å². The van der Waals surface area contributed by atoms with Gasteiger partial charge in [-0.2, -0.15) is 9.78 Å². The first-order valence-corrected chi connectivity index (χ1v) is 11.0. The number of aromatic nitrogens is 5. The molecule has 0 unspecified atom stereocenters. The minimum Gasteiger partial charge on any atom is -0.378 e. The Hall–Kier alpha value is -3.60. The number of benzene rings is 1. The molecule has 0 radical (unpaired) electrons. The number of carbonyl (C=O) groups excluding carboxylic acids is 1. The molecule has 33 heavy (non-hydrogen) atoms. The minimum absolute atomic E-state index is 0.0729. The van der Waals surface area contributed by atoms with Crippen LogP contribution >= 0.6 is 0 Å². The van der Waals surface area contributed by atoms with Gasteiger partial charge in [0.25, 0.3) is 5.91 Å². The van der Waals surface area contributed by atoms with E-state index in [1.165, 1.54) is 10.2 Å². The summed E-state index contributed by atoms with van der Waals surface area (Å²) in [5.41, 5.74) is 13.5. The molecular weight excluding hydrogens is 422 g/mol. The Labute approximate surface area is 192 Å². The molecule has 1 aromatic carbocycles. The molecule has 1 aliphatic rings. The average molecular weight is 452 g/mol. The second kappa shape index (κ2) is 9.49. The molecule has 1 amide bonds. The normalized spacial score (nSPS) is 15.4. The molecule has 11 heteroatoms. The number of nitrogens with one attached hydrogen (secondary N) is 1. The van der Waals surface area contributed by atoms with Crippen LogP contribution in [0.25, 0.3) is 5.82 Å². The number of hydrazone groups is 1. The summed E-state index contributed by atoms with van der Waals surface area (Å²) < 4.78 is 6.14. The number of rotatable bonds is 6. The SMILES string of the molecule is Cc1cc(C)c(/C=N\NC(=O)c2nnn(-c3nonc3N)c2CN2CCC(C)CC2)c(C)c1. The summed E-state index contributed by atoms with van der Waals surface area (Å²) >= 11 is 0. The van der Waals surface area contributed by atoms with Crippen molar-refractivity contribution in [3.63, 3.8) is 0 Å². The lowest BCUT2D eigenvalue weighted by atomic mass is 9.99. The van der Waals surface area contributed by atoms with Crippen molar-refractivity contribution in [2.24, 2.45) is 11.0 Å². The molecule has 2 aromatic heterocycles. The zero-order valence-electron chi connectivity index (χ0n) is 19.4. The van der Waals surface area contributed by atoms with Crippen LogP contribution in [0.2, 0.25) is 0 Å². The Morgan fingerprint density at radius 1 is 1.24 bits per heavy atom. The second-order valence-electron chi connectivity index (χ2n) is 8.74. The molecule has 0 aliphatic carbocycles. The van der Waals surface area contributed by atoms with Crippen LogP contribution in [0, 0.1) is 26.7 Å². The van der Waals surface area contributed by atoms with Crippen molar-refractivity contribution >= 4 is 17.9 Å². The maximum Gasteiger partial charge on any atom is 0.293 e. The molecule has 0 atom stereocenters. The molecule has 11 nitrogen and oxygen atoms in total.